The molecule has 2 rings (SSSR count). The van der Waals surface area contributed by atoms with Crippen LogP contribution in [0.25, 0.3) is 0 Å². The molecular weight excluding hydrogens is 176 g/mol. The highest BCUT2D eigenvalue weighted by Crippen LogP contribution is 2.49. The highest BCUT2D eigenvalue weighted by Gasteiger charge is 2.52. The van der Waals surface area contributed by atoms with Crippen molar-refractivity contribution in [2.24, 2.45) is 0 Å². The van der Waals surface area contributed by atoms with E-state index in [-0.39, 0.29) is 0 Å². The molecule has 2 nitrogen and oxygen atoms in total. The van der Waals surface area contributed by atoms with E-state index in [1.54, 1.807) is 6.07 Å². The standard InChI is InChI=1S/C12H10O2/c1-2-9-5-3-4-6-10(9)12(7-8-12)11(13)14/h1,3-6H,7-8H2,(H,13,14). The zero-order valence-corrected chi connectivity index (χ0v) is 7.66. The second-order valence-electron chi connectivity index (χ2n) is 3.58. The summed E-state index contributed by atoms with van der Waals surface area (Å²) in [4.78, 5) is 11.1. The number of hydrogen-bond donors (Lipinski definition) is 1. The van der Waals surface area contributed by atoms with Crippen LogP contribution in [0.2, 0.25) is 0 Å². The van der Waals surface area contributed by atoms with E-state index in [1.807, 2.05) is 18.2 Å². The largest absolute Gasteiger partial charge is 0.481 e. The van der Waals surface area contributed by atoms with E-state index in [9.17, 15) is 4.79 Å². The van der Waals surface area contributed by atoms with Crippen molar-refractivity contribution in [1.82, 2.24) is 0 Å². The van der Waals surface area contributed by atoms with Crippen LogP contribution in [-0.2, 0) is 10.2 Å². The van der Waals surface area contributed by atoms with Crippen LogP contribution >= 0.6 is 0 Å². The number of carboxylic acid groups (broad SMARTS) is 1. The Kier molecular flexibility index (Phi) is 1.82. The van der Waals surface area contributed by atoms with Crippen LogP contribution in [-0.4, -0.2) is 11.1 Å². The fourth-order valence-electron chi connectivity index (χ4n) is 1.75. The molecule has 0 aromatic heterocycles. The highest BCUT2D eigenvalue weighted by atomic mass is 16.4. The monoisotopic (exact) mass is 186 g/mol. The Balaban J connectivity index is 2.53. The normalized spacial score (nSPS) is 17.1. The van der Waals surface area contributed by atoms with Crippen molar-refractivity contribution in [3.63, 3.8) is 0 Å². The first-order valence-electron chi connectivity index (χ1n) is 4.50. The van der Waals surface area contributed by atoms with E-state index in [0.29, 0.717) is 18.4 Å². The van der Waals surface area contributed by atoms with Crippen molar-refractivity contribution in [3.8, 4) is 12.3 Å². The summed E-state index contributed by atoms with van der Waals surface area (Å²) in [6, 6.07) is 7.27. The summed E-state index contributed by atoms with van der Waals surface area (Å²) in [6.07, 6.45) is 6.72. The van der Waals surface area contributed by atoms with Gasteiger partial charge in [-0.3, -0.25) is 4.79 Å². The Morgan fingerprint density at radius 3 is 2.57 bits per heavy atom. The molecule has 0 amide bonds. The minimum atomic E-state index is -0.764. The second-order valence-corrected chi connectivity index (χ2v) is 3.58. The second kappa shape index (κ2) is 2.88. The lowest BCUT2D eigenvalue weighted by Gasteiger charge is -2.11. The van der Waals surface area contributed by atoms with E-state index in [0.717, 1.165) is 5.56 Å². The van der Waals surface area contributed by atoms with Gasteiger partial charge in [-0.2, -0.15) is 0 Å². The Hall–Kier alpha value is -1.75. The van der Waals surface area contributed by atoms with E-state index in [2.05, 4.69) is 5.92 Å². The maximum Gasteiger partial charge on any atom is 0.314 e. The van der Waals surface area contributed by atoms with Gasteiger partial charge in [0, 0.05) is 5.56 Å². The first-order chi connectivity index (χ1) is 6.70. The SMILES string of the molecule is C#Cc1ccccc1C1(C(=O)O)CC1. The van der Waals surface area contributed by atoms with Gasteiger partial charge in [-0.1, -0.05) is 24.1 Å². The number of carbonyl (C=O) groups is 1. The number of benzene rings is 1. The topological polar surface area (TPSA) is 37.3 Å². The third-order valence-electron chi connectivity index (χ3n) is 2.76. The van der Waals surface area contributed by atoms with E-state index >= 15 is 0 Å². The fourth-order valence-corrected chi connectivity index (χ4v) is 1.75. The Labute approximate surface area is 82.6 Å². The van der Waals surface area contributed by atoms with E-state index < -0.39 is 11.4 Å². The van der Waals surface area contributed by atoms with Gasteiger partial charge in [-0.25, -0.2) is 0 Å². The number of terminal acetylenes is 1. The summed E-state index contributed by atoms with van der Waals surface area (Å²) in [7, 11) is 0. The van der Waals surface area contributed by atoms with Gasteiger partial charge >= 0.3 is 5.97 Å². The van der Waals surface area contributed by atoms with Gasteiger partial charge in [-0.15, -0.1) is 6.42 Å². The molecular formula is C12H10O2. The van der Waals surface area contributed by atoms with Gasteiger partial charge in [0.05, 0.1) is 5.41 Å². The van der Waals surface area contributed by atoms with Gasteiger partial charge in [0.1, 0.15) is 0 Å². The van der Waals surface area contributed by atoms with E-state index in [1.165, 1.54) is 0 Å². The van der Waals surface area contributed by atoms with Crippen LogP contribution in [0.1, 0.15) is 24.0 Å². The predicted octanol–water partition coefficient (Wildman–Crippen LogP) is 1.78. The first kappa shape index (κ1) is 8.83. The minimum Gasteiger partial charge on any atom is -0.481 e. The van der Waals surface area contributed by atoms with Gasteiger partial charge in [-0.05, 0) is 24.5 Å². The zero-order valence-electron chi connectivity index (χ0n) is 7.66. The van der Waals surface area contributed by atoms with E-state index in [4.69, 9.17) is 11.5 Å². The maximum absolute atomic E-state index is 11.1. The molecule has 1 aromatic carbocycles. The summed E-state index contributed by atoms with van der Waals surface area (Å²) >= 11 is 0. The molecule has 0 atom stereocenters. The highest BCUT2D eigenvalue weighted by molar-refractivity contribution is 5.85. The van der Waals surface area contributed by atoms with Crippen LogP contribution in [0.5, 0.6) is 0 Å². The molecule has 1 aromatic rings. The number of rotatable bonds is 2. The molecule has 70 valence electrons. The number of hydrogen-bond acceptors (Lipinski definition) is 1. The Bertz CT molecular complexity index is 422. The molecule has 1 N–H and O–H groups in total. The van der Waals surface area contributed by atoms with Crippen LogP contribution in [0, 0.1) is 12.3 Å². The number of aliphatic carboxylic acids is 1. The summed E-state index contributed by atoms with van der Waals surface area (Å²) in [5.74, 6) is 1.77. The quantitative estimate of drug-likeness (QED) is 0.715. The van der Waals surface area contributed by atoms with Crippen molar-refractivity contribution in [2.45, 2.75) is 18.3 Å². The predicted molar refractivity (Wildman–Crippen MR) is 52.9 cm³/mol. The minimum absolute atomic E-state index is 0.692. The van der Waals surface area contributed by atoms with Gasteiger partial charge < -0.3 is 5.11 Å². The van der Waals surface area contributed by atoms with Crippen molar-refractivity contribution in [2.75, 3.05) is 0 Å². The molecule has 14 heavy (non-hydrogen) atoms. The smallest absolute Gasteiger partial charge is 0.314 e. The molecule has 0 unspecified atom stereocenters. The van der Waals surface area contributed by atoms with Crippen LogP contribution in [0.15, 0.2) is 24.3 Å². The third-order valence-corrected chi connectivity index (χ3v) is 2.76. The Morgan fingerprint density at radius 2 is 2.07 bits per heavy atom. The fraction of sp³-hybridized carbons (Fsp3) is 0.250. The zero-order chi connectivity index (χ0) is 10.2. The average molecular weight is 186 g/mol. The molecule has 0 aliphatic heterocycles. The molecule has 1 fully saturated rings. The average Bonchev–Trinajstić information content (AvgIpc) is 2.98. The lowest BCUT2D eigenvalue weighted by atomic mass is 9.92. The van der Waals surface area contributed by atoms with Gasteiger partial charge in [0.15, 0.2) is 0 Å². The lowest BCUT2D eigenvalue weighted by molar-refractivity contribution is -0.140. The summed E-state index contributed by atoms with van der Waals surface area (Å²) in [5.41, 5.74) is 0.797. The summed E-state index contributed by atoms with van der Waals surface area (Å²) < 4.78 is 0. The molecule has 0 radical (unpaired) electrons. The first-order valence-corrected chi connectivity index (χ1v) is 4.50. The summed E-state index contributed by atoms with van der Waals surface area (Å²) in [6.45, 7) is 0. The molecule has 0 spiro atoms. The molecule has 0 heterocycles. The van der Waals surface area contributed by atoms with Crippen LogP contribution in [0.4, 0.5) is 0 Å². The molecule has 1 saturated carbocycles. The van der Waals surface area contributed by atoms with Crippen molar-refractivity contribution in [1.29, 1.82) is 0 Å². The van der Waals surface area contributed by atoms with Crippen molar-refractivity contribution < 1.29 is 9.90 Å². The lowest BCUT2D eigenvalue weighted by Crippen LogP contribution is -2.20. The third kappa shape index (κ3) is 1.10. The molecule has 0 saturated heterocycles. The molecule has 2 heteroatoms. The maximum atomic E-state index is 11.1. The van der Waals surface area contributed by atoms with Gasteiger partial charge in [0.25, 0.3) is 0 Å². The Morgan fingerprint density at radius 1 is 1.43 bits per heavy atom. The van der Waals surface area contributed by atoms with Gasteiger partial charge in [0.2, 0.25) is 0 Å². The molecule has 0 bridgehead atoms. The van der Waals surface area contributed by atoms with Crippen molar-refractivity contribution >= 4 is 5.97 Å². The number of carboxylic acids is 1. The van der Waals surface area contributed by atoms with Crippen LogP contribution < -0.4 is 0 Å². The summed E-state index contributed by atoms with van der Waals surface area (Å²) in [5, 5.41) is 9.11. The van der Waals surface area contributed by atoms with Crippen molar-refractivity contribution in [3.05, 3.63) is 35.4 Å². The molecule has 1 aliphatic rings. The molecule has 1 aliphatic carbocycles. The van der Waals surface area contributed by atoms with Crippen LogP contribution in [0.3, 0.4) is 0 Å².